The van der Waals surface area contributed by atoms with Gasteiger partial charge in [-0.25, -0.2) is 0 Å². The summed E-state index contributed by atoms with van der Waals surface area (Å²) in [5.74, 6) is 0.700. The van der Waals surface area contributed by atoms with Crippen LogP contribution in [0.25, 0.3) is 0 Å². The predicted octanol–water partition coefficient (Wildman–Crippen LogP) is 2.99. The number of anilines is 2. The van der Waals surface area contributed by atoms with Crippen molar-refractivity contribution < 1.29 is 9.53 Å². The maximum Gasteiger partial charge on any atom is 0.306 e. The van der Waals surface area contributed by atoms with Gasteiger partial charge in [-0.15, -0.1) is 0 Å². The van der Waals surface area contributed by atoms with E-state index in [4.69, 9.17) is 27.7 Å². The Labute approximate surface area is 162 Å². The number of benzene rings is 1. The average Bonchev–Trinajstić information content (AvgIpc) is 2.61. The second kappa shape index (κ2) is 10.1. The molecule has 0 atom stereocenters. The van der Waals surface area contributed by atoms with Crippen molar-refractivity contribution in [2.24, 2.45) is 17.4 Å². The highest BCUT2D eigenvalue weighted by Gasteiger charge is 2.24. The highest BCUT2D eigenvalue weighted by molar-refractivity contribution is 5.69. The summed E-state index contributed by atoms with van der Waals surface area (Å²) in [5.41, 5.74) is 27.0. The normalized spacial score (nSPS) is 19.4. The first-order chi connectivity index (χ1) is 12.9. The van der Waals surface area contributed by atoms with Crippen molar-refractivity contribution in [3.63, 3.8) is 0 Å². The highest BCUT2D eigenvalue weighted by Crippen LogP contribution is 2.32. The average molecular weight is 375 g/mol. The van der Waals surface area contributed by atoms with Gasteiger partial charge in [-0.3, -0.25) is 4.79 Å². The van der Waals surface area contributed by atoms with Crippen LogP contribution in [0.4, 0.5) is 11.4 Å². The molecular weight excluding hydrogens is 340 g/mol. The van der Waals surface area contributed by atoms with Gasteiger partial charge in [0.15, 0.2) is 0 Å². The lowest BCUT2D eigenvalue weighted by molar-refractivity contribution is -0.150. The summed E-state index contributed by atoms with van der Waals surface area (Å²) in [6.45, 7) is 2.10. The number of rotatable bonds is 8. The van der Waals surface area contributed by atoms with Crippen molar-refractivity contribution in [2.75, 3.05) is 11.5 Å². The fourth-order valence-corrected chi connectivity index (χ4v) is 3.76. The molecule has 6 nitrogen and oxygen atoms in total. The van der Waals surface area contributed by atoms with Crippen molar-refractivity contribution in [1.82, 2.24) is 0 Å². The SMILES string of the molecule is CCc1cc(N)c(CCC2CCC(OC(=O)CCC=C(N)N)CC2)c(N)c1. The Kier molecular flexibility index (Phi) is 7.82. The number of allylic oxidation sites excluding steroid dienone is 1. The second-order valence-electron chi connectivity index (χ2n) is 7.52. The lowest BCUT2D eigenvalue weighted by Crippen LogP contribution is -2.24. The number of nitrogens with two attached hydrogens (primary N) is 4. The fourth-order valence-electron chi connectivity index (χ4n) is 3.76. The summed E-state index contributed by atoms with van der Waals surface area (Å²) in [6, 6.07) is 4.07. The van der Waals surface area contributed by atoms with Gasteiger partial charge in [-0.1, -0.05) is 6.92 Å². The van der Waals surface area contributed by atoms with Crippen LogP contribution in [-0.4, -0.2) is 12.1 Å². The molecule has 1 aliphatic rings. The van der Waals surface area contributed by atoms with Gasteiger partial charge in [0, 0.05) is 17.8 Å². The van der Waals surface area contributed by atoms with Crippen LogP contribution in [0.3, 0.4) is 0 Å². The van der Waals surface area contributed by atoms with Crippen molar-refractivity contribution in [3.05, 3.63) is 35.2 Å². The summed E-state index contributed by atoms with van der Waals surface area (Å²) in [7, 11) is 0. The zero-order valence-electron chi connectivity index (χ0n) is 16.4. The van der Waals surface area contributed by atoms with Gasteiger partial charge in [0.05, 0.1) is 5.82 Å². The minimum absolute atomic E-state index is 0.0342. The molecule has 6 heteroatoms. The second-order valence-corrected chi connectivity index (χ2v) is 7.52. The third kappa shape index (κ3) is 6.70. The van der Waals surface area contributed by atoms with Crippen molar-refractivity contribution in [2.45, 2.75) is 70.8 Å². The Morgan fingerprint density at radius 3 is 2.33 bits per heavy atom. The Hall–Kier alpha value is -2.37. The number of nitrogen functional groups attached to an aromatic ring is 2. The van der Waals surface area contributed by atoms with Gasteiger partial charge in [-0.05, 0) is 86.6 Å². The van der Waals surface area contributed by atoms with Crippen LogP contribution in [0.1, 0.15) is 63.0 Å². The van der Waals surface area contributed by atoms with E-state index in [1.165, 1.54) is 5.56 Å². The molecule has 8 N–H and O–H groups in total. The first-order valence-electron chi connectivity index (χ1n) is 9.96. The topological polar surface area (TPSA) is 130 Å². The third-order valence-electron chi connectivity index (χ3n) is 5.41. The lowest BCUT2D eigenvalue weighted by atomic mass is 9.83. The molecular formula is C21H34N4O2. The molecule has 0 heterocycles. The largest absolute Gasteiger partial charge is 0.462 e. The number of aryl methyl sites for hydroxylation is 1. The molecule has 150 valence electrons. The Morgan fingerprint density at radius 1 is 1.15 bits per heavy atom. The summed E-state index contributed by atoms with van der Waals surface area (Å²) in [6.07, 6.45) is 9.42. The van der Waals surface area contributed by atoms with E-state index in [1.54, 1.807) is 6.08 Å². The van der Waals surface area contributed by atoms with Gasteiger partial charge < -0.3 is 27.7 Å². The molecule has 0 saturated heterocycles. The van der Waals surface area contributed by atoms with Crippen LogP contribution in [0.5, 0.6) is 0 Å². The molecule has 1 fully saturated rings. The molecule has 1 saturated carbocycles. The van der Waals surface area contributed by atoms with Gasteiger partial charge in [0.1, 0.15) is 6.10 Å². The molecule has 1 aromatic rings. The van der Waals surface area contributed by atoms with E-state index in [1.807, 2.05) is 12.1 Å². The Balaban J connectivity index is 1.73. The van der Waals surface area contributed by atoms with Crippen molar-refractivity contribution >= 4 is 17.3 Å². The number of hydrogen-bond donors (Lipinski definition) is 4. The molecule has 0 bridgehead atoms. The van der Waals surface area contributed by atoms with Gasteiger partial charge in [0.2, 0.25) is 0 Å². The molecule has 0 amide bonds. The fraction of sp³-hybridized carbons (Fsp3) is 0.571. The highest BCUT2D eigenvalue weighted by atomic mass is 16.5. The van der Waals surface area contributed by atoms with Gasteiger partial charge in [-0.2, -0.15) is 0 Å². The summed E-state index contributed by atoms with van der Waals surface area (Å²) in [5, 5.41) is 0. The molecule has 27 heavy (non-hydrogen) atoms. The van der Waals surface area contributed by atoms with E-state index in [0.717, 1.165) is 61.9 Å². The quantitative estimate of drug-likeness (QED) is 0.409. The molecule has 0 radical (unpaired) electrons. The maximum atomic E-state index is 11.9. The number of carbonyl (C=O) groups excluding carboxylic acids is 1. The van der Waals surface area contributed by atoms with Crippen molar-refractivity contribution in [1.29, 1.82) is 0 Å². The van der Waals surface area contributed by atoms with E-state index in [0.29, 0.717) is 18.8 Å². The van der Waals surface area contributed by atoms with Crippen LogP contribution in [0.2, 0.25) is 0 Å². The van der Waals surface area contributed by atoms with Crippen LogP contribution < -0.4 is 22.9 Å². The monoisotopic (exact) mass is 374 g/mol. The van der Waals surface area contributed by atoms with E-state index < -0.39 is 0 Å². The molecule has 1 aromatic carbocycles. The molecule has 0 aromatic heterocycles. The maximum absolute atomic E-state index is 11.9. The summed E-state index contributed by atoms with van der Waals surface area (Å²) < 4.78 is 5.56. The Bertz CT molecular complexity index is 637. The van der Waals surface area contributed by atoms with E-state index in [9.17, 15) is 4.79 Å². The van der Waals surface area contributed by atoms with Crippen molar-refractivity contribution in [3.8, 4) is 0 Å². The molecule has 2 rings (SSSR count). The zero-order chi connectivity index (χ0) is 19.8. The van der Waals surface area contributed by atoms with Crippen LogP contribution in [0, 0.1) is 5.92 Å². The lowest BCUT2D eigenvalue weighted by Gasteiger charge is -2.28. The number of esters is 1. The number of carbonyl (C=O) groups is 1. The van der Waals surface area contributed by atoms with Gasteiger partial charge in [0.25, 0.3) is 0 Å². The van der Waals surface area contributed by atoms with Crippen LogP contribution >= 0.6 is 0 Å². The number of hydrogen-bond acceptors (Lipinski definition) is 6. The molecule has 0 spiro atoms. The van der Waals surface area contributed by atoms with Crippen LogP contribution in [-0.2, 0) is 22.4 Å². The third-order valence-corrected chi connectivity index (χ3v) is 5.41. The van der Waals surface area contributed by atoms with E-state index in [2.05, 4.69) is 6.92 Å². The first kappa shape index (κ1) is 20.9. The summed E-state index contributed by atoms with van der Waals surface area (Å²) >= 11 is 0. The van der Waals surface area contributed by atoms with Gasteiger partial charge >= 0.3 is 5.97 Å². The smallest absolute Gasteiger partial charge is 0.306 e. The van der Waals surface area contributed by atoms with E-state index >= 15 is 0 Å². The van der Waals surface area contributed by atoms with E-state index in [-0.39, 0.29) is 17.9 Å². The molecule has 0 unspecified atom stereocenters. The Morgan fingerprint density at radius 2 is 1.78 bits per heavy atom. The minimum atomic E-state index is -0.174. The predicted molar refractivity (Wildman–Crippen MR) is 110 cm³/mol. The zero-order valence-corrected chi connectivity index (χ0v) is 16.4. The number of ether oxygens (including phenoxy) is 1. The molecule has 0 aliphatic heterocycles. The van der Waals surface area contributed by atoms with Crippen LogP contribution in [0.15, 0.2) is 24.0 Å². The summed E-state index contributed by atoms with van der Waals surface area (Å²) in [4.78, 5) is 11.9. The minimum Gasteiger partial charge on any atom is -0.462 e. The standard InChI is InChI=1S/C21H34N4O2/c1-2-14-12-18(22)17(19(23)13-14)11-8-15-6-9-16(10-7-15)27-21(26)5-3-4-20(24)25/h4,12-13,15-16H,2-3,5-11,22-25H2,1H3. The molecule has 1 aliphatic carbocycles. The first-order valence-corrected chi connectivity index (χ1v) is 9.96.